The van der Waals surface area contributed by atoms with Crippen LogP contribution >= 0.6 is 0 Å². The molecule has 2 aliphatic rings. The van der Waals surface area contributed by atoms with Gasteiger partial charge in [-0.2, -0.15) is 13.2 Å². The monoisotopic (exact) mass is 516 g/mol. The van der Waals surface area contributed by atoms with E-state index in [9.17, 15) is 31.9 Å². The number of esters is 1. The van der Waals surface area contributed by atoms with Gasteiger partial charge in [0.25, 0.3) is 0 Å². The average Bonchev–Trinajstić information content (AvgIpc) is 3.59. The van der Waals surface area contributed by atoms with Crippen molar-refractivity contribution in [3.8, 4) is 0 Å². The van der Waals surface area contributed by atoms with Gasteiger partial charge in [0.2, 0.25) is 5.43 Å². The minimum atomic E-state index is -5.08. The van der Waals surface area contributed by atoms with Gasteiger partial charge in [-0.15, -0.1) is 0 Å². The Hall–Kier alpha value is -3.25. The fraction of sp³-hybridized carbons (Fsp3) is 0.565. The molecule has 1 aliphatic heterocycles. The van der Waals surface area contributed by atoms with Crippen LogP contribution in [0.15, 0.2) is 17.1 Å². The van der Waals surface area contributed by atoms with Crippen LogP contribution < -0.4 is 10.3 Å². The minimum absolute atomic E-state index is 0.0514. The van der Waals surface area contributed by atoms with Gasteiger partial charge in [-0.05, 0) is 32.8 Å². The predicted octanol–water partition coefficient (Wildman–Crippen LogP) is 3.23. The van der Waals surface area contributed by atoms with Gasteiger partial charge in [-0.3, -0.25) is 9.59 Å². The van der Waals surface area contributed by atoms with Crippen LogP contribution in [0.5, 0.6) is 0 Å². The Labute approximate surface area is 202 Å². The third kappa shape index (κ3) is 4.87. The molecule has 36 heavy (non-hydrogen) atoms. The highest BCUT2D eigenvalue weighted by Crippen LogP contribution is 2.38. The molecule has 2 aromatic heterocycles. The maximum atomic E-state index is 15.1. The molecule has 1 saturated heterocycles. The number of alkyl halides is 4. The van der Waals surface area contributed by atoms with Gasteiger partial charge in [-0.25, -0.2) is 18.6 Å². The summed E-state index contributed by atoms with van der Waals surface area (Å²) >= 11 is 0. The van der Waals surface area contributed by atoms with E-state index in [1.807, 2.05) is 0 Å². The van der Waals surface area contributed by atoms with E-state index in [1.54, 1.807) is 11.5 Å². The second kappa shape index (κ2) is 9.66. The lowest BCUT2D eigenvalue weighted by Gasteiger charge is -2.26. The van der Waals surface area contributed by atoms with Crippen LogP contribution in [-0.4, -0.2) is 71.5 Å². The first-order valence-corrected chi connectivity index (χ1v) is 11.6. The Morgan fingerprint density at radius 1 is 1.22 bits per heavy atom. The Morgan fingerprint density at radius 3 is 2.50 bits per heavy atom. The average molecular weight is 516 g/mol. The molecule has 0 aromatic carbocycles. The van der Waals surface area contributed by atoms with Crippen molar-refractivity contribution in [3.05, 3.63) is 33.9 Å². The van der Waals surface area contributed by atoms with E-state index < -0.39 is 47.9 Å². The molecule has 0 spiro atoms. The van der Waals surface area contributed by atoms with E-state index in [0.717, 1.165) is 18.9 Å². The summed E-state index contributed by atoms with van der Waals surface area (Å²) in [6, 6.07) is 0.882. The highest BCUT2D eigenvalue weighted by atomic mass is 19.4. The first kappa shape index (κ1) is 25.8. The first-order valence-electron chi connectivity index (χ1n) is 11.6. The molecule has 196 valence electrons. The Kier molecular flexibility index (Phi) is 6.93. The van der Waals surface area contributed by atoms with Crippen LogP contribution in [-0.2, 0) is 9.53 Å². The summed E-state index contributed by atoms with van der Waals surface area (Å²) in [5.41, 5.74) is -0.872. The molecule has 2 atom stereocenters. The first-order chi connectivity index (χ1) is 17.0. The zero-order chi connectivity index (χ0) is 26.4. The van der Waals surface area contributed by atoms with Gasteiger partial charge in [0.05, 0.1) is 18.5 Å². The molecule has 1 amide bonds. The number of ether oxygens (including phenoxy) is 1. The quantitative estimate of drug-likeness (QED) is 0.415. The second-order valence-electron chi connectivity index (χ2n) is 8.92. The summed E-state index contributed by atoms with van der Waals surface area (Å²) < 4.78 is 75.0. The third-order valence-corrected chi connectivity index (χ3v) is 6.40. The number of fused-ring (bicyclic) bond motifs is 1. The minimum Gasteiger partial charge on any atom is -0.462 e. The van der Waals surface area contributed by atoms with Crippen molar-refractivity contribution in [2.45, 2.75) is 45.1 Å². The largest absolute Gasteiger partial charge is 0.471 e. The van der Waals surface area contributed by atoms with Gasteiger partial charge in [0.1, 0.15) is 17.4 Å². The SMILES string of the molecule is CCOC(=O)c1cn(C2CC2)c2nc(N3CC(F)C(CN(CC)C(=O)C(F)(F)F)C3)c(F)cc2c1=O. The summed E-state index contributed by atoms with van der Waals surface area (Å²) in [6.45, 7) is 1.73. The highest BCUT2D eigenvalue weighted by molar-refractivity contribution is 5.93. The van der Waals surface area contributed by atoms with Gasteiger partial charge in [-0.1, -0.05) is 0 Å². The van der Waals surface area contributed by atoms with Crippen LogP contribution in [0.1, 0.15) is 43.1 Å². The maximum absolute atomic E-state index is 15.1. The molecule has 0 bridgehead atoms. The van der Waals surface area contributed by atoms with E-state index in [0.29, 0.717) is 4.90 Å². The zero-order valence-electron chi connectivity index (χ0n) is 19.6. The molecule has 2 fully saturated rings. The number of carbonyl (C=O) groups excluding carboxylic acids is 2. The number of rotatable bonds is 7. The Morgan fingerprint density at radius 2 is 1.92 bits per heavy atom. The molecule has 1 aliphatic carbocycles. The van der Waals surface area contributed by atoms with Crippen molar-refractivity contribution >= 4 is 28.7 Å². The molecule has 2 aromatic rings. The lowest BCUT2D eigenvalue weighted by molar-refractivity contribution is -0.186. The predicted molar refractivity (Wildman–Crippen MR) is 119 cm³/mol. The number of halogens is 5. The van der Waals surface area contributed by atoms with Gasteiger partial charge >= 0.3 is 18.1 Å². The molecule has 8 nitrogen and oxygen atoms in total. The maximum Gasteiger partial charge on any atom is 0.471 e. The standard InChI is InChI=1S/C23H25F5N4O4/c1-3-30(22(35)23(26,27)28)8-12-9-31(11-17(12)25)20-16(24)7-14-18(33)15(21(34)36-4-2)10-32(13-5-6-13)19(14)29-20/h7,10,12-13,17H,3-6,8-9,11H2,1-2H3. The number of aromatic nitrogens is 2. The fourth-order valence-corrected chi connectivity index (χ4v) is 4.44. The molecule has 0 N–H and O–H groups in total. The van der Waals surface area contributed by atoms with Gasteiger partial charge in [0.15, 0.2) is 11.6 Å². The molecule has 1 saturated carbocycles. The van der Waals surface area contributed by atoms with E-state index in [1.165, 1.54) is 18.0 Å². The normalized spacial score (nSPS) is 20.1. The number of anilines is 1. The number of pyridine rings is 2. The summed E-state index contributed by atoms with van der Waals surface area (Å²) in [5, 5.41) is -0.130. The Bertz CT molecular complexity index is 1240. The topological polar surface area (TPSA) is 84.7 Å². The van der Waals surface area contributed by atoms with E-state index in [4.69, 9.17) is 4.74 Å². The Balaban J connectivity index is 1.67. The van der Waals surface area contributed by atoms with Gasteiger partial charge in [0, 0.05) is 37.8 Å². The highest BCUT2D eigenvalue weighted by Gasteiger charge is 2.44. The summed E-state index contributed by atoms with van der Waals surface area (Å²) in [7, 11) is 0. The lowest BCUT2D eigenvalue weighted by atomic mass is 10.1. The van der Waals surface area contributed by atoms with Crippen molar-refractivity contribution in [1.82, 2.24) is 14.5 Å². The van der Waals surface area contributed by atoms with E-state index in [2.05, 4.69) is 4.98 Å². The molecule has 13 heteroatoms. The van der Waals surface area contributed by atoms with Crippen LogP contribution in [0.3, 0.4) is 0 Å². The number of hydrogen-bond acceptors (Lipinski definition) is 6. The summed E-state index contributed by atoms with van der Waals surface area (Å²) in [4.78, 5) is 42.9. The van der Waals surface area contributed by atoms with Crippen molar-refractivity contribution < 1.29 is 36.3 Å². The number of amides is 1. The van der Waals surface area contributed by atoms with Crippen LogP contribution in [0.4, 0.5) is 27.8 Å². The van der Waals surface area contributed by atoms with Crippen LogP contribution in [0.2, 0.25) is 0 Å². The van der Waals surface area contributed by atoms with E-state index in [-0.39, 0.29) is 54.7 Å². The summed E-state index contributed by atoms with van der Waals surface area (Å²) in [6.07, 6.45) is -3.86. The third-order valence-electron chi connectivity index (χ3n) is 6.40. The molecule has 3 heterocycles. The van der Waals surface area contributed by atoms with Crippen molar-refractivity contribution in [1.29, 1.82) is 0 Å². The molecule has 2 unspecified atom stereocenters. The molecular formula is C23H25F5N4O4. The fourth-order valence-electron chi connectivity index (χ4n) is 4.44. The second-order valence-corrected chi connectivity index (χ2v) is 8.92. The number of carbonyl (C=O) groups is 2. The van der Waals surface area contributed by atoms with Crippen molar-refractivity contribution in [2.75, 3.05) is 37.7 Å². The van der Waals surface area contributed by atoms with Gasteiger partial charge < -0.3 is 19.1 Å². The lowest BCUT2D eigenvalue weighted by Crippen LogP contribution is -2.44. The van der Waals surface area contributed by atoms with Crippen LogP contribution in [0, 0.1) is 11.7 Å². The summed E-state index contributed by atoms with van der Waals surface area (Å²) in [5.74, 6) is -5.08. The molecular weight excluding hydrogens is 491 g/mol. The molecule has 4 rings (SSSR count). The number of nitrogens with zero attached hydrogens (tertiary/aromatic N) is 4. The zero-order valence-corrected chi connectivity index (χ0v) is 19.6. The van der Waals surface area contributed by atoms with Crippen molar-refractivity contribution in [3.63, 3.8) is 0 Å². The molecule has 0 radical (unpaired) electrons. The van der Waals surface area contributed by atoms with Crippen molar-refractivity contribution in [2.24, 2.45) is 5.92 Å². The van der Waals surface area contributed by atoms with E-state index >= 15 is 4.39 Å². The number of hydrogen-bond donors (Lipinski definition) is 0. The van der Waals surface area contributed by atoms with Crippen LogP contribution in [0.25, 0.3) is 11.0 Å². The smallest absolute Gasteiger partial charge is 0.462 e.